The average molecular weight is 267 g/mol. The first-order chi connectivity index (χ1) is 8.66. The molecule has 3 unspecified atom stereocenters. The number of rotatable bonds is 3. The molecule has 1 N–H and O–H groups in total. The monoisotopic (exact) mass is 266 g/mol. The summed E-state index contributed by atoms with van der Waals surface area (Å²) < 4.78 is 0. The van der Waals surface area contributed by atoms with Gasteiger partial charge in [-0.25, -0.2) is 0 Å². The van der Waals surface area contributed by atoms with E-state index in [9.17, 15) is 9.90 Å². The number of halogens is 1. The second-order valence-corrected chi connectivity index (χ2v) is 5.53. The molecule has 5 heteroatoms. The fourth-order valence-electron chi connectivity index (χ4n) is 3.34. The number of aliphatic carboxylic acids is 1. The molecule has 0 aliphatic carbocycles. The minimum absolute atomic E-state index is 0.178. The van der Waals surface area contributed by atoms with Crippen LogP contribution in [0.1, 0.15) is 24.8 Å². The summed E-state index contributed by atoms with van der Waals surface area (Å²) in [5.74, 6) is -0.864. The number of hydrogen-bond donors (Lipinski definition) is 1. The minimum Gasteiger partial charge on any atom is -0.481 e. The van der Waals surface area contributed by atoms with Gasteiger partial charge in [0.2, 0.25) is 0 Å². The van der Waals surface area contributed by atoms with Crippen LogP contribution < -0.4 is 0 Å². The first-order valence-corrected chi connectivity index (χ1v) is 6.61. The van der Waals surface area contributed by atoms with Crippen LogP contribution in [0.5, 0.6) is 0 Å². The standard InChI is InChI=1S/C13H15ClN2O2/c14-11-6-15-4-3-8(11)7-16-9-1-2-12(16)10(5-9)13(17)18/h3-4,6,9-10,12H,1-2,5,7H2,(H,17,18). The Morgan fingerprint density at radius 3 is 3.06 bits per heavy atom. The third-order valence-corrected chi connectivity index (χ3v) is 4.55. The van der Waals surface area contributed by atoms with Crippen molar-refractivity contribution in [2.45, 2.75) is 37.9 Å². The topological polar surface area (TPSA) is 53.4 Å². The van der Waals surface area contributed by atoms with Crippen LogP contribution in [0, 0.1) is 5.92 Å². The van der Waals surface area contributed by atoms with E-state index in [1.54, 1.807) is 12.4 Å². The van der Waals surface area contributed by atoms with E-state index in [2.05, 4.69) is 9.88 Å². The highest BCUT2D eigenvalue weighted by Crippen LogP contribution is 2.42. The molecule has 18 heavy (non-hydrogen) atoms. The van der Waals surface area contributed by atoms with Crippen LogP contribution in [-0.2, 0) is 11.3 Å². The molecule has 0 radical (unpaired) electrons. The van der Waals surface area contributed by atoms with Gasteiger partial charge in [-0.2, -0.15) is 0 Å². The molecule has 0 saturated carbocycles. The minimum atomic E-state index is -0.659. The summed E-state index contributed by atoms with van der Waals surface area (Å²) in [6.45, 7) is 0.737. The zero-order valence-corrected chi connectivity index (χ0v) is 10.7. The molecule has 2 aliphatic rings. The SMILES string of the molecule is O=C(O)C1CC2CCC1N2Cc1ccncc1Cl. The molecule has 0 amide bonds. The van der Waals surface area contributed by atoms with E-state index in [-0.39, 0.29) is 12.0 Å². The lowest BCUT2D eigenvalue weighted by Crippen LogP contribution is -2.32. The van der Waals surface area contributed by atoms with Crippen LogP contribution in [-0.4, -0.2) is 33.0 Å². The van der Waals surface area contributed by atoms with E-state index in [0.717, 1.165) is 31.4 Å². The quantitative estimate of drug-likeness (QED) is 0.911. The largest absolute Gasteiger partial charge is 0.481 e. The van der Waals surface area contributed by atoms with Crippen molar-refractivity contribution >= 4 is 17.6 Å². The first kappa shape index (κ1) is 11.9. The van der Waals surface area contributed by atoms with Crippen LogP contribution in [0.3, 0.4) is 0 Å². The van der Waals surface area contributed by atoms with Crippen molar-refractivity contribution in [3.63, 3.8) is 0 Å². The summed E-state index contributed by atoms with van der Waals surface area (Å²) >= 11 is 6.11. The fraction of sp³-hybridized carbons (Fsp3) is 0.538. The van der Waals surface area contributed by atoms with Gasteiger partial charge in [-0.05, 0) is 30.9 Å². The average Bonchev–Trinajstić information content (AvgIpc) is 2.89. The summed E-state index contributed by atoms with van der Waals surface area (Å²) in [6, 6.07) is 2.49. The lowest BCUT2D eigenvalue weighted by atomic mass is 9.89. The van der Waals surface area contributed by atoms with E-state index in [1.165, 1.54) is 0 Å². The van der Waals surface area contributed by atoms with Crippen molar-refractivity contribution in [2.24, 2.45) is 5.92 Å². The van der Waals surface area contributed by atoms with Gasteiger partial charge < -0.3 is 5.11 Å². The van der Waals surface area contributed by atoms with Crippen molar-refractivity contribution in [2.75, 3.05) is 0 Å². The maximum absolute atomic E-state index is 11.2. The lowest BCUT2D eigenvalue weighted by molar-refractivity contribution is -0.142. The molecule has 2 saturated heterocycles. The molecule has 3 rings (SSSR count). The van der Waals surface area contributed by atoms with Gasteiger partial charge in [0.25, 0.3) is 0 Å². The van der Waals surface area contributed by atoms with E-state index < -0.39 is 5.97 Å². The van der Waals surface area contributed by atoms with Gasteiger partial charge in [-0.15, -0.1) is 0 Å². The summed E-state index contributed by atoms with van der Waals surface area (Å²) in [5.41, 5.74) is 1.04. The van der Waals surface area contributed by atoms with Gasteiger partial charge in [0.15, 0.2) is 0 Å². The Hall–Kier alpha value is -1.13. The van der Waals surface area contributed by atoms with Gasteiger partial charge in [-0.1, -0.05) is 11.6 Å². The normalized spacial score (nSPS) is 30.8. The molecule has 1 aromatic heterocycles. The third-order valence-electron chi connectivity index (χ3n) is 4.21. The molecule has 3 atom stereocenters. The van der Waals surface area contributed by atoms with E-state index in [1.807, 2.05) is 6.07 Å². The van der Waals surface area contributed by atoms with Crippen molar-refractivity contribution in [1.29, 1.82) is 0 Å². The summed E-state index contributed by atoms with van der Waals surface area (Å²) in [7, 11) is 0. The highest BCUT2D eigenvalue weighted by molar-refractivity contribution is 6.31. The van der Waals surface area contributed by atoms with Gasteiger partial charge in [0, 0.05) is 31.0 Å². The number of carboxylic acid groups (broad SMARTS) is 1. The molecule has 0 aromatic carbocycles. The van der Waals surface area contributed by atoms with Crippen LogP contribution in [0.2, 0.25) is 5.02 Å². The number of hydrogen-bond acceptors (Lipinski definition) is 3. The van der Waals surface area contributed by atoms with E-state index >= 15 is 0 Å². The zero-order valence-electron chi connectivity index (χ0n) is 9.92. The Balaban J connectivity index is 1.79. The summed E-state index contributed by atoms with van der Waals surface area (Å²) in [5, 5.41) is 9.87. The van der Waals surface area contributed by atoms with Crippen LogP contribution in [0.25, 0.3) is 0 Å². The number of nitrogens with zero attached hydrogens (tertiary/aromatic N) is 2. The third kappa shape index (κ3) is 1.89. The van der Waals surface area contributed by atoms with E-state index in [4.69, 9.17) is 11.6 Å². The Bertz CT molecular complexity index is 480. The Labute approximate surface area is 111 Å². The van der Waals surface area contributed by atoms with Crippen molar-refractivity contribution in [1.82, 2.24) is 9.88 Å². The fourth-order valence-corrected chi connectivity index (χ4v) is 3.52. The molecule has 96 valence electrons. The second kappa shape index (κ2) is 4.52. The molecule has 3 heterocycles. The molecule has 2 fully saturated rings. The van der Waals surface area contributed by atoms with E-state index in [0.29, 0.717) is 11.1 Å². The van der Waals surface area contributed by atoms with Gasteiger partial charge >= 0.3 is 5.97 Å². The van der Waals surface area contributed by atoms with Gasteiger partial charge in [0.05, 0.1) is 10.9 Å². The molecule has 0 spiro atoms. The maximum Gasteiger partial charge on any atom is 0.308 e. The maximum atomic E-state index is 11.2. The van der Waals surface area contributed by atoms with Crippen molar-refractivity contribution in [3.05, 3.63) is 29.0 Å². The summed E-state index contributed by atoms with van der Waals surface area (Å²) in [6.07, 6.45) is 6.25. The Morgan fingerprint density at radius 1 is 1.56 bits per heavy atom. The lowest BCUT2D eigenvalue weighted by Gasteiger charge is -2.23. The van der Waals surface area contributed by atoms with Crippen molar-refractivity contribution in [3.8, 4) is 0 Å². The van der Waals surface area contributed by atoms with Crippen LogP contribution in [0.15, 0.2) is 18.5 Å². The van der Waals surface area contributed by atoms with Gasteiger partial charge in [0.1, 0.15) is 0 Å². The van der Waals surface area contributed by atoms with Gasteiger partial charge in [-0.3, -0.25) is 14.7 Å². The second-order valence-electron chi connectivity index (χ2n) is 5.12. The molecular formula is C13H15ClN2O2. The van der Waals surface area contributed by atoms with Crippen molar-refractivity contribution < 1.29 is 9.90 Å². The predicted molar refractivity (Wildman–Crippen MR) is 67.3 cm³/mol. The first-order valence-electron chi connectivity index (χ1n) is 6.23. The number of pyridine rings is 1. The van der Waals surface area contributed by atoms with Crippen LogP contribution in [0.4, 0.5) is 0 Å². The number of carboxylic acids is 1. The molecular weight excluding hydrogens is 252 g/mol. The number of carbonyl (C=O) groups is 1. The smallest absolute Gasteiger partial charge is 0.308 e. The number of aromatic nitrogens is 1. The molecule has 1 aromatic rings. The highest BCUT2D eigenvalue weighted by Gasteiger charge is 2.49. The Morgan fingerprint density at radius 2 is 2.39 bits per heavy atom. The number of fused-ring (bicyclic) bond motifs is 2. The molecule has 2 aliphatic heterocycles. The molecule has 4 nitrogen and oxygen atoms in total. The predicted octanol–water partition coefficient (Wildman–Crippen LogP) is 2.17. The molecule has 2 bridgehead atoms. The summed E-state index contributed by atoms with van der Waals surface area (Å²) in [4.78, 5) is 17.5. The highest BCUT2D eigenvalue weighted by atomic mass is 35.5. The van der Waals surface area contributed by atoms with Crippen LogP contribution >= 0.6 is 11.6 Å². The Kier molecular flexibility index (Phi) is 2.99. The zero-order chi connectivity index (χ0) is 12.7.